The van der Waals surface area contributed by atoms with Crippen LogP contribution in [0.2, 0.25) is 0 Å². The minimum Gasteiger partial charge on any atom is -0.330 e. The highest BCUT2D eigenvalue weighted by Gasteiger charge is 2.12. The zero-order valence-corrected chi connectivity index (χ0v) is 9.67. The summed E-state index contributed by atoms with van der Waals surface area (Å²) in [5.74, 6) is 0.717. The van der Waals surface area contributed by atoms with Crippen molar-refractivity contribution in [2.24, 2.45) is 11.7 Å². The molecule has 0 aromatic heterocycles. The van der Waals surface area contributed by atoms with Crippen LogP contribution in [0.5, 0.6) is 0 Å². The largest absolute Gasteiger partial charge is 0.330 e. The number of hydrogen-bond donors (Lipinski definition) is 1. The van der Waals surface area contributed by atoms with Crippen LogP contribution in [0.15, 0.2) is 0 Å². The molecule has 0 saturated carbocycles. The van der Waals surface area contributed by atoms with E-state index in [1.165, 1.54) is 58.2 Å². The summed E-state index contributed by atoms with van der Waals surface area (Å²) in [6.45, 7) is 6.94. The molecule has 0 amide bonds. The van der Waals surface area contributed by atoms with Crippen molar-refractivity contribution in [3.05, 3.63) is 0 Å². The van der Waals surface area contributed by atoms with Gasteiger partial charge in [0.1, 0.15) is 0 Å². The minimum absolute atomic E-state index is 0.717. The average molecular weight is 198 g/mol. The smallest absolute Gasteiger partial charge is 0.00216 e. The summed E-state index contributed by atoms with van der Waals surface area (Å²) in [4.78, 5) is 2.63. The number of nitrogens with zero attached hydrogens (tertiary/aromatic N) is 1. The summed E-state index contributed by atoms with van der Waals surface area (Å²) in [6, 6.07) is 0. The van der Waals surface area contributed by atoms with Crippen LogP contribution in [0.4, 0.5) is 0 Å². The first-order valence-corrected chi connectivity index (χ1v) is 6.29. The topological polar surface area (TPSA) is 29.3 Å². The van der Waals surface area contributed by atoms with Gasteiger partial charge in [0, 0.05) is 6.54 Å². The Bertz CT molecular complexity index is 124. The van der Waals surface area contributed by atoms with Crippen LogP contribution in [0.1, 0.15) is 45.4 Å². The van der Waals surface area contributed by atoms with Crippen molar-refractivity contribution in [2.45, 2.75) is 45.4 Å². The molecule has 0 aromatic rings. The van der Waals surface area contributed by atoms with Crippen molar-refractivity contribution in [3.8, 4) is 0 Å². The van der Waals surface area contributed by atoms with Crippen molar-refractivity contribution < 1.29 is 0 Å². The second kappa shape index (κ2) is 7.24. The lowest BCUT2D eigenvalue weighted by atomic mass is 10.0. The summed E-state index contributed by atoms with van der Waals surface area (Å²) in [6.07, 6.45) is 8.31. The number of rotatable bonds is 4. The SMILES string of the molecule is CCC(CN)CN1CCCCCCC1. The van der Waals surface area contributed by atoms with Gasteiger partial charge in [-0.3, -0.25) is 0 Å². The molecule has 14 heavy (non-hydrogen) atoms. The summed E-state index contributed by atoms with van der Waals surface area (Å²) in [5.41, 5.74) is 5.74. The maximum atomic E-state index is 5.74. The Morgan fingerprint density at radius 1 is 1.07 bits per heavy atom. The third-order valence-corrected chi connectivity index (χ3v) is 3.38. The minimum atomic E-state index is 0.717. The van der Waals surface area contributed by atoms with E-state index >= 15 is 0 Å². The molecule has 1 heterocycles. The molecule has 1 unspecified atom stereocenters. The number of nitrogens with two attached hydrogens (primary N) is 1. The molecule has 2 heteroatoms. The molecule has 1 atom stereocenters. The van der Waals surface area contributed by atoms with Gasteiger partial charge < -0.3 is 10.6 Å². The molecule has 0 aromatic carbocycles. The van der Waals surface area contributed by atoms with E-state index in [2.05, 4.69) is 11.8 Å². The van der Waals surface area contributed by atoms with Crippen molar-refractivity contribution >= 4 is 0 Å². The van der Waals surface area contributed by atoms with Gasteiger partial charge in [-0.25, -0.2) is 0 Å². The summed E-state index contributed by atoms with van der Waals surface area (Å²) >= 11 is 0. The van der Waals surface area contributed by atoms with Crippen LogP contribution in [0.3, 0.4) is 0 Å². The Hall–Kier alpha value is -0.0800. The number of hydrogen-bond acceptors (Lipinski definition) is 2. The van der Waals surface area contributed by atoms with E-state index in [-0.39, 0.29) is 0 Å². The van der Waals surface area contributed by atoms with E-state index in [9.17, 15) is 0 Å². The lowest BCUT2D eigenvalue weighted by Gasteiger charge is -2.27. The van der Waals surface area contributed by atoms with Crippen LogP contribution in [-0.4, -0.2) is 31.1 Å². The molecule has 1 rings (SSSR count). The maximum absolute atomic E-state index is 5.74. The van der Waals surface area contributed by atoms with Gasteiger partial charge in [0.25, 0.3) is 0 Å². The van der Waals surface area contributed by atoms with Crippen LogP contribution in [-0.2, 0) is 0 Å². The Balaban J connectivity index is 2.25. The van der Waals surface area contributed by atoms with E-state index in [1.807, 2.05) is 0 Å². The molecule has 84 valence electrons. The first-order chi connectivity index (χ1) is 6.86. The first-order valence-electron chi connectivity index (χ1n) is 6.29. The number of likely N-dealkylation sites (tertiary alicyclic amines) is 1. The van der Waals surface area contributed by atoms with Gasteiger partial charge in [0.2, 0.25) is 0 Å². The predicted octanol–water partition coefficient (Wildman–Crippen LogP) is 2.24. The first kappa shape index (κ1) is 12.0. The quantitative estimate of drug-likeness (QED) is 0.750. The molecule has 1 aliphatic rings. The van der Waals surface area contributed by atoms with E-state index in [0.29, 0.717) is 0 Å². The molecular formula is C12H26N2. The lowest BCUT2D eigenvalue weighted by Crippen LogP contribution is -2.34. The standard InChI is InChI=1S/C12H26N2/c1-2-12(10-13)11-14-8-6-4-3-5-7-9-14/h12H,2-11,13H2,1H3. The summed E-state index contributed by atoms with van der Waals surface area (Å²) < 4.78 is 0. The molecule has 2 nitrogen and oxygen atoms in total. The van der Waals surface area contributed by atoms with E-state index in [1.54, 1.807) is 0 Å². The molecular weight excluding hydrogens is 172 g/mol. The van der Waals surface area contributed by atoms with E-state index in [4.69, 9.17) is 5.73 Å². The molecule has 1 aliphatic heterocycles. The molecule has 0 radical (unpaired) electrons. The molecule has 0 spiro atoms. The van der Waals surface area contributed by atoms with Crippen molar-refractivity contribution in [1.29, 1.82) is 0 Å². The molecule has 2 N–H and O–H groups in total. The van der Waals surface area contributed by atoms with Crippen molar-refractivity contribution in [2.75, 3.05) is 26.2 Å². The molecule has 0 aliphatic carbocycles. The molecule has 0 bridgehead atoms. The zero-order valence-electron chi connectivity index (χ0n) is 9.67. The fourth-order valence-corrected chi connectivity index (χ4v) is 2.23. The lowest BCUT2D eigenvalue weighted by molar-refractivity contribution is 0.211. The highest BCUT2D eigenvalue weighted by atomic mass is 15.1. The summed E-state index contributed by atoms with van der Waals surface area (Å²) in [7, 11) is 0. The highest BCUT2D eigenvalue weighted by Crippen LogP contribution is 2.12. The Kier molecular flexibility index (Phi) is 6.20. The predicted molar refractivity (Wildman–Crippen MR) is 62.4 cm³/mol. The van der Waals surface area contributed by atoms with Gasteiger partial charge in [0.05, 0.1) is 0 Å². The van der Waals surface area contributed by atoms with Gasteiger partial charge in [-0.2, -0.15) is 0 Å². The maximum Gasteiger partial charge on any atom is 0.00216 e. The Morgan fingerprint density at radius 3 is 2.14 bits per heavy atom. The summed E-state index contributed by atoms with van der Waals surface area (Å²) in [5, 5.41) is 0. The molecule has 1 fully saturated rings. The normalized spacial score (nSPS) is 22.7. The Labute approximate surface area is 88.8 Å². The van der Waals surface area contributed by atoms with Gasteiger partial charge in [0.15, 0.2) is 0 Å². The zero-order chi connectivity index (χ0) is 10.2. The third kappa shape index (κ3) is 4.43. The van der Waals surface area contributed by atoms with Crippen molar-refractivity contribution in [1.82, 2.24) is 4.90 Å². The highest BCUT2D eigenvalue weighted by molar-refractivity contribution is 4.68. The van der Waals surface area contributed by atoms with Gasteiger partial charge >= 0.3 is 0 Å². The fraction of sp³-hybridized carbons (Fsp3) is 1.00. The van der Waals surface area contributed by atoms with Crippen LogP contribution < -0.4 is 5.73 Å². The van der Waals surface area contributed by atoms with E-state index in [0.717, 1.165) is 12.5 Å². The van der Waals surface area contributed by atoms with Gasteiger partial charge in [-0.05, 0) is 38.4 Å². The second-order valence-corrected chi connectivity index (χ2v) is 4.58. The third-order valence-electron chi connectivity index (χ3n) is 3.38. The van der Waals surface area contributed by atoms with Crippen LogP contribution in [0, 0.1) is 5.92 Å². The van der Waals surface area contributed by atoms with E-state index < -0.39 is 0 Å². The van der Waals surface area contributed by atoms with Gasteiger partial charge in [-0.1, -0.05) is 32.6 Å². The average Bonchev–Trinajstić information content (AvgIpc) is 2.16. The van der Waals surface area contributed by atoms with Crippen molar-refractivity contribution in [3.63, 3.8) is 0 Å². The Morgan fingerprint density at radius 2 is 1.64 bits per heavy atom. The fourth-order valence-electron chi connectivity index (χ4n) is 2.23. The monoisotopic (exact) mass is 198 g/mol. The van der Waals surface area contributed by atoms with Crippen LogP contribution in [0.25, 0.3) is 0 Å². The van der Waals surface area contributed by atoms with Crippen LogP contribution >= 0.6 is 0 Å². The van der Waals surface area contributed by atoms with Gasteiger partial charge in [-0.15, -0.1) is 0 Å². The second-order valence-electron chi connectivity index (χ2n) is 4.58. The molecule has 1 saturated heterocycles.